The lowest BCUT2D eigenvalue weighted by molar-refractivity contribution is 0.0686. The molecule has 3 rings (SSSR count). The molecule has 1 aromatic rings. The van der Waals surface area contributed by atoms with Crippen LogP contribution in [0.5, 0.6) is 0 Å². The van der Waals surface area contributed by atoms with E-state index in [1.165, 1.54) is 10.4 Å². The highest BCUT2D eigenvalue weighted by Crippen LogP contribution is 2.23. The molecule has 2 saturated heterocycles. The summed E-state index contributed by atoms with van der Waals surface area (Å²) < 4.78 is 32.3. The fourth-order valence-corrected chi connectivity index (χ4v) is 5.14. The highest BCUT2D eigenvalue weighted by molar-refractivity contribution is 7.89. The third-order valence-electron chi connectivity index (χ3n) is 5.39. The van der Waals surface area contributed by atoms with Crippen molar-refractivity contribution in [1.82, 2.24) is 14.5 Å². The van der Waals surface area contributed by atoms with Crippen LogP contribution in [0.1, 0.15) is 29.6 Å². The van der Waals surface area contributed by atoms with Crippen LogP contribution in [0.4, 0.5) is 0 Å². The van der Waals surface area contributed by atoms with Crippen molar-refractivity contribution in [3.63, 3.8) is 0 Å². The molecule has 1 N–H and O–H groups in total. The van der Waals surface area contributed by atoms with E-state index in [-0.39, 0.29) is 23.2 Å². The molecule has 0 unspecified atom stereocenters. The third-order valence-corrected chi connectivity index (χ3v) is 7.29. The minimum absolute atomic E-state index is 0. The normalized spacial score (nSPS) is 19.2. The van der Waals surface area contributed by atoms with E-state index in [4.69, 9.17) is 4.74 Å². The molecule has 0 aliphatic carbocycles. The molecule has 2 aliphatic rings. The molecule has 0 saturated carbocycles. The SMILES string of the molecule is CNCCC1CCN(C(=O)c2cccc(S(=O)(=O)N3CCOCC3)c2)CC1.Cl. The Balaban J connectivity index is 0.00000280. The Kier molecular flexibility index (Phi) is 8.70. The molecule has 1 amide bonds. The van der Waals surface area contributed by atoms with E-state index in [0.717, 1.165) is 38.9 Å². The molecule has 7 nitrogen and oxygen atoms in total. The van der Waals surface area contributed by atoms with Gasteiger partial charge < -0.3 is 15.0 Å². The number of hydrogen-bond acceptors (Lipinski definition) is 5. The smallest absolute Gasteiger partial charge is 0.253 e. The van der Waals surface area contributed by atoms with Crippen molar-refractivity contribution in [2.45, 2.75) is 24.2 Å². The van der Waals surface area contributed by atoms with Gasteiger partial charge >= 0.3 is 0 Å². The average Bonchev–Trinajstić information content (AvgIpc) is 2.73. The number of benzene rings is 1. The van der Waals surface area contributed by atoms with E-state index in [2.05, 4.69) is 5.32 Å². The van der Waals surface area contributed by atoms with Gasteiger partial charge in [0.15, 0.2) is 0 Å². The Labute approximate surface area is 173 Å². The number of carbonyl (C=O) groups excluding carboxylic acids is 1. The summed E-state index contributed by atoms with van der Waals surface area (Å²) in [6.45, 7) is 3.96. The minimum Gasteiger partial charge on any atom is -0.379 e. The van der Waals surface area contributed by atoms with Crippen molar-refractivity contribution in [2.75, 3.05) is 53.0 Å². The second-order valence-corrected chi connectivity index (χ2v) is 9.11. The second kappa shape index (κ2) is 10.5. The molecule has 0 atom stereocenters. The van der Waals surface area contributed by atoms with Gasteiger partial charge in [0.05, 0.1) is 18.1 Å². The third kappa shape index (κ3) is 5.45. The molecular weight excluding hydrogens is 402 g/mol. The Morgan fingerprint density at radius 3 is 2.50 bits per heavy atom. The molecule has 0 aromatic heterocycles. The fraction of sp³-hybridized carbons (Fsp3) is 0.632. The predicted molar refractivity (Wildman–Crippen MR) is 110 cm³/mol. The molecule has 2 heterocycles. The zero-order valence-corrected chi connectivity index (χ0v) is 17.9. The van der Waals surface area contributed by atoms with E-state index < -0.39 is 10.0 Å². The molecule has 158 valence electrons. The minimum atomic E-state index is -3.59. The van der Waals surface area contributed by atoms with Crippen LogP contribution in [-0.2, 0) is 14.8 Å². The summed E-state index contributed by atoms with van der Waals surface area (Å²) in [4.78, 5) is 14.9. The second-order valence-electron chi connectivity index (χ2n) is 7.17. The standard InChI is InChI=1S/C19H29N3O4S.ClH/c1-20-8-5-16-6-9-21(10-7-16)19(23)17-3-2-4-18(15-17)27(24,25)22-11-13-26-14-12-22;/h2-4,15-16,20H,5-14H2,1H3;1H. The zero-order chi connectivity index (χ0) is 19.3. The Morgan fingerprint density at radius 1 is 1.18 bits per heavy atom. The van der Waals surface area contributed by atoms with Gasteiger partial charge in [0.2, 0.25) is 10.0 Å². The number of rotatable bonds is 6. The van der Waals surface area contributed by atoms with Crippen molar-refractivity contribution >= 4 is 28.3 Å². The van der Waals surface area contributed by atoms with Crippen molar-refractivity contribution in [2.24, 2.45) is 5.92 Å². The van der Waals surface area contributed by atoms with Crippen LogP contribution in [0.15, 0.2) is 29.2 Å². The molecule has 2 fully saturated rings. The molecule has 2 aliphatic heterocycles. The predicted octanol–water partition coefficient (Wildman–Crippen LogP) is 1.59. The van der Waals surface area contributed by atoms with Crippen LogP contribution >= 0.6 is 12.4 Å². The maximum Gasteiger partial charge on any atom is 0.253 e. The van der Waals surface area contributed by atoms with Crippen LogP contribution in [0.2, 0.25) is 0 Å². The summed E-state index contributed by atoms with van der Waals surface area (Å²) in [5, 5.41) is 3.17. The van der Waals surface area contributed by atoms with Gasteiger partial charge in [0, 0.05) is 31.7 Å². The first-order valence-electron chi connectivity index (χ1n) is 9.64. The highest BCUT2D eigenvalue weighted by Gasteiger charge is 2.28. The summed E-state index contributed by atoms with van der Waals surface area (Å²) in [5.41, 5.74) is 0.443. The number of likely N-dealkylation sites (tertiary alicyclic amines) is 1. The van der Waals surface area contributed by atoms with Crippen LogP contribution in [0.25, 0.3) is 0 Å². The number of halogens is 1. The molecule has 0 bridgehead atoms. The van der Waals surface area contributed by atoms with Crippen molar-refractivity contribution in [3.8, 4) is 0 Å². The number of nitrogens with zero attached hydrogens (tertiary/aromatic N) is 2. The van der Waals surface area contributed by atoms with Crippen LogP contribution in [-0.4, -0.2) is 76.5 Å². The Bertz CT molecular complexity index is 745. The summed E-state index contributed by atoms with van der Waals surface area (Å²) in [5.74, 6) is 0.565. The molecule has 0 spiro atoms. The van der Waals surface area contributed by atoms with Gasteiger partial charge in [-0.2, -0.15) is 4.31 Å². The number of nitrogens with one attached hydrogen (secondary N) is 1. The Morgan fingerprint density at radius 2 is 1.86 bits per heavy atom. The van der Waals surface area contributed by atoms with Gasteiger partial charge in [-0.1, -0.05) is 6.07 Å². The van der Waals surface area contributed by atoms with Crippen molar-refractivity contribution in [1.29, 1.82) is 0 Å². The van der Waals surface area contributed by atoms with Gasteiger partial charge in [-0.25, -0.2) is 8.42 Å². The van der Waals surface area contributed by atoms with E-state index in [1.54, 1.807) is 18.2 Å². The van der Waals surface area contributed by atoms with E-state index in [9.17, 15) is 13.2 Å². The lowest BCUT2D eigenvalue weighted by atomic mass is 9.93. The largest absolute Gasteiger partial charge is 0.379 e. The summed E-state index contributed by atoms with van der Waals surface area (Å²) in [6.07, 6.45) is 3.13. The average molecular weight is 432 g/mol. The number of hydrogen-bond donors (Lipinski definition) is 1. The topological polar surface area (TPSA) is 79.0 Å². The fourth-order valence-electron chi connectivity index (χ4n) is 3.68. The van der Waals surface area contributed by atoms with Gasteiger partial charge in [-0.15, -0.1) is 12.4 Å². The maximum absolute atomic E-state index is 12.9. The van der Waals surface area contributed by atoms with Crippen molar-refractivity contribution < 1.29 is 17.9 Å². The van der Waals surface area contributed by atoms with Crippen molar-refractivity contribution in [3.05, 3.63) is 29.8 Å². The quantitative estimate of drug-likeness (QED) is 0.740. The number of sulfonamides is 1. The molecular formula is C19H30ClN3O4S. The van der Waals surface area contributed by atoms with E-state index >= 15 is 0 Å². The lowest BCUT2D eigenvalue weighted by Crippen LogP contribution is -2.41. The first-order chi connectivity index (χ1) is 13.0. The van der Waals surface area contributed by atoms with Gasteiger partial charge in [-0.05, 0) is 57.0 Å². The van der Waals surface area contributed by atoms with Crippen LogP contribution < -0.4 is 5.32 Å². The van der Waals surface area contributed by atoms with Gasteiger partial charge in [0.1, 0.15) is 0 Å². The first-order valence-corrected chi connectivity index (χ1v) is 11.1. The summed E-state index contributed by atoms with van der Waals surface area (Å²) >= 11 is 0. The molecule has 9 heteroatoms. The maximum atomic E-state index is 12.9. The lowest BCUT2D eigenvalue weighted by Gasteiger charge is -2.32. The summed E-state index contributed by atoms with van der Waals surface area (Å²) in [6, 6.07) is 6.43. The summed E-state index contributed by atoms with van der Waals surface area (Å²) in [7, 11) is -1.64. The van der Waals surface area contributed by atoms with Crippen LogP contribution in [0.3, 0.4) is 0 Å². The van der Waals surface area contributed by atoms with Gasteiger partial charge in [0.25, 0.3) is 5.91 Å². The number of amides is 1. The molecule has 1 aromatic carbocycles. The van der Waals surface area contributed by atoms with Gasteiger partial charge in [-0.3, -0.25) is 4.79 Å². The Hall–Kier alpha value is -1.19. The molecule has 0 radical (unpaired) electrons. The number of ether oxygens (including phenoxy) is 1. The highest BCUT2D eigenvalue weighted by atomic mass is 35.5. The van der Waals surface area contributed by atoms with E-state index in [1.807, 2.05) is 11.9 Å². The number of carbonyl (C=O) groups is 1. The monoisotopic (exact) mass is 431 g/mol. The molecule has 28 heavy (non-hydrogen) atoms. The first kappa shape index (κ1) is 23.1. The van der Waals surface area contributed by atoms with E-state index in [0.29, 0.717) is 37.8 Å². The number of piperidine rings is 1. The van der Waals surface area contributed by atoms with Crippen LogP contribution in [0, 0.1) is 5.92 Å². The number of morpholine rings is 1. The zero-order valence-electron chi connectivity index (χ0n) is 16.3.